The average Bonchev–Trinajstić information content (AvgIpc) is 3.53. The first-order valence-electron chi connectivity index (χ1n) is 27.6. The van der Waals surface area contributed by atoms with Crippen LogP contribution in [0.2, 0.25) is 0 Å². The Morgan fingerprint density at radius 1 is 0.308 bits per heavy atom. The summed E-state index contributed by atoms with van der Waals surface area (Å²) in [6.07, 6.45) is 4.64. The average molecular weight is 1040 g/mol. The number of hydrogen-bond donors (Lipinski definition) is 0. The summed E-state index contributed by atoms with van der Waals surface area (Å²) >= 11 is 0. The van der Waals surface area contributed by atoms with E-state index < -0.39 is 6.10 Å². The van der Waals surface area contributed by atoms with Crippen LogP contribution >= 0.6 is 0 Å². The molecular formula is C69H62O9. The van der Waals surface area contributed by atoms with Gasteiger partial charge in [0.1, 0.15) is 25.9 Å². The molecule has 12 aromatic carbocycles. The molecule has 0 saturated heterocycles. The van der Waals surface area contributed by atoms with Crippen LogP contribution in [0.3, 0.4) is 0 Å². The lowest BCUT2D eigenvalue weighted by molar-refractivity contribution is -0.150. The van der Waals surface area contributed by atoms with Crippen LogP contribution in [0, 0.1) is 0 Å². The van der Waals surface area contributed by atoms with Crippen LogP contribution in [0.5, 0.6) is 0 Å². The summed E-state index contributed by atoms with van der Waals surface area (Å²) in [5.74, 6) is -0.824. The zero-order valence-corrected chi connectivity index (χ0v) is 43.9. The Kier molecular flexibility index (Phi) is 15.2. The lowest BCUT2D eigenvalue weighted by Crippen LogP contribution is -2.29. The van der Waals surface area contributed by atoms with Crippen molar-refractivity contribution < 1.29 is 42.8 Å². The topological polar surface area (TPSA) is 107 Å². The minimum atomic E-state index is -0.514. The Balaban J connectivity index is 0.587. The van der Waals surface area contributed by atoms with Gasteiger partial charge in [0.25, 0.3) is 0 Å². The van der Waals surface area contributed by atoms with Gasteiger partial charge < -0.3 is 28.4 Å². The Morgan fingerprint density at radius 2 is 0.590 bits per heavy atom. The van der Waals surface area contributed by atoms with Crippen LogP contribution in [-0.2, 0) is 62.1 Å². The first kappa shape index (κ1) is 50.8. The molecule has 0 fully saturated rings. The number of rotatable bonds is 26. The lowest BCUT2D eigenvalue weighted by atomic mass is 9.90. The summed E-state index contributed by atoms with van der Waals surface area (Å²) in [5.41, 5.74) is 3.66. The molecule has 0 aliphatic heterocycles. The predicted molar refractivity (Wildman–Crippen MR) is 314 cm³/mol. The van der Waals surface area contributed by atoms with Crippen molar-refractivity contribution in [1.29, 1.82) is 0 Å². The number of carbonyl (C=O) groups excluding carboxylic acids is 3. The van der Waals surface area contributed by atoms with Crippen LogP contribution in [-0.4, -0.2) is 76.9 Å². The van der Waals surface area contributed by atoms with Gasteiger partial charge in [-0.25, -0.2) is 0 Å². The maximum absolute atomic E-state index is 12.9. The van der Waals surface area contributed by atoms with Crippen LogP contribution in [0.4, 0.5) is 0 Å². The Bertz CT molecular complexity index is 3840. The van der Waals surface area contributed by atoms with Gasteiger partial charge in [-0.05, 0) is 152 Å². The lowest BCUT2D eigenvalue weighted by Gasteiger charge is -2.18. The molecule has 0 saturated carbocycles. The van der Waals surface area contributed by atoms with E-state index in [-0.39, 0.29) is 77.2 Å². The van der Waals surface area contributed by atoms with E-state index in [1.165, 1.54) is 114 Å². The van der Waals surface area contributed by atoms with Crippen LogP contribution < -0.4 is 0 Å². The summed E-state index contributed by atoms with van der Waals surface area (Å²) < 4.78 is 34.7. The zero-order valence-electron chi connectivity index (χ0n) is 43.9. The van der Waals surface area contributed by atoms with E-state index in [0.717, 1.165) is 19.3 Å². The number of benzene rings is 12. The van der Waals surface area contributed by atoms with E-state index >= 15 is 0 Å². The van der Waals surface area contributed by atoms with Crippen molar-refractivity contribution in [1.82, 2.24) is 0 Å². The van der Waals surface area contributed by atoms with Crippen molar-refractivity contribution >= 4 is 115 Å². The molecule has 9 nitrogen and oxygen atoms in total. The molecular weight excluding hydrogens is 973 g/mol. The number of aryl methyl sites for hydroxylation is 3. The SMILES string of the molecule is O=C(CCCc1ccc2ccc3cccc4ccc1c2c34)OCCOCC(COCCOC(=O)CCCc1ccc2ccc3cccc4ccc1c2c34)OCCOC(=O)CCCc1ccc2ccc3cccc4ccc1c2c34. The Labute approximate surface area is 452 Å². The highest BCUT2D eigenvalue weighted by atomic mass is 16.6. The molecule has 78 heavy (non-hydrogen) atoms. The van der Waals surface area contributed by atoms with Gasteiger partial charge in [-0.2, -0.15) is 0 Å². The summed E-state index contributed by atoms with van der Waals surface area (Å²) in [5, 5.41) is 22.4. The third kappa shape index (κ3) is 10.8. The van der Waals surface area contributed by atoms with E-state index in [0.29, 0.717) is 32.1 Å². The fourth-order valence-electron chi connectivity index (χ4n) is 11.9. The molecule has 0 aliphatic rings. The first-order valence-corrected chi connectivity index (χ1v) is 27.6. The van der Waals surface area contributed by atoms with E-state index in [2.05, 4.69) is 164 Å². The van der Waals surface area contributed by atoms with Gasteiger partial charge >= 0.3 is 17.9 Å². The standard InChI is InChI=1S/C69H62O9/c70-61(16-4-7-45-19-22-54-28-25-48-10-1-13-51-31-34-58(45)67(54)64(48)51)76-39-37-73-43-57(75-41-42-78-63(72)18-6-9-47-21-24-56-30-27-50-12-3-15-53-33-36-60(47)69(56)66(50)53)44-74-38-40-77-62(71)17-5-8-46-20-23-55-29-26-49-11-2-14-52-32-35-59(46)68(55)65(49)52/h1-3,10-15,19-36,57H,4-9,16-18,37-44H2. The minimum Gasteiger partial charge on any atom is -0.463 e. The maximum Gasteiger partial charge on any atom is 0.305 e. The summed E-state index contributed by atoms with van der Waals surface area (Å²) in [4.78, 5) is 38.6. The number of ether oxygens (including phenoxy) is 6. The van der Waals surface area contributed by atoms with Gasteiger partial charge in [-0.3, -0.25) is 14.4 Å². The zero-order chi connectivity index (χ0) is 52.8. The van der Waals surface area contributed by atoms with Crippen molar-refractivity contribution in [3.8, 4) is 0 Å². The van der Waals surface area contributed by atoms with Gasteiger partial charge in [0.2, 0.25) is 0 Å². The van der Waals surface area contributed by atoms with E-state index in [4.69, 9.17) is 28.4 Å². The first-order chi connectivity index (χ1) is 38.4. The second kappa shape index (κ2) is 23.3. The second-order valence-corrected chi connectivity index (χ2v) is 20.6. The van der Waals surface area contributed by atoms with Gasteiger partial charge in [-0.15, -0.1) is 0 Å². The van der Waals surface area contributed by atoms with Crippen molar-refractivity contribution in [2.75, 3.05) is 52.9 Å². The highest BCUT2D eigenvalue weighted by molar-refractivity contribution is 6.25. The summed E-state index contributed by atoms with van der Waals surface area (Å²) in [7, 11) is 0. The smallest absolute Gasteiger partial charge is 0.305 e. The largest absolute Gasteiger partial charge is 0.463 e. The van der Waals surface area contributed by atoms with Crippen molar-refractivity contribution in [3.63, 3.8) is 0 Å². The maximum atomic E-state index is 12.9. The molecule has 0 bridgehead atoms. The number of carbonyl (C=O) groups is 3. The van der Waals surface area contributed by atoms with Crippen LogP contribution in [0.1, 0.15) is 55.2 Å². The Hall–Kier alpha value is -7.95. The summed E-state index contributed by atoms with van der Waals surface area (Å²) in [6.45, 7) is 1.08. The molecule has 0 N–H and O–H groups in total. The van der Waals surface area contributed by atoms with Gasteiger partial charge in [0.05, 0.1) is 33.0 Å². The van der Waals surface area contributed by atoms with Crippen LogP contribution in [0.15, 0.2) is 164 Å². The third-order valence-electron chi connectivity index (χ3n) is 15.6. The van der Waals surface area contributed by atoms with Crippen molar-refractivity contribution in [3.05, 3.63) is 180 Å². The molecule has 0 atom stereocenters. The molecule has 0 spiro atoms. The van der Waals surface area contributed by atoms with Crippen molar-refractivity contribution in [2.24, 2.45) is 0 Å². The predicted octanol–water partition coefficient (Wildman–Crippen LogP) is 14.8. The molecule has 0 radical (unpaired) electrons. The van der Waals surface area contributed by atoms with E-state index in [1.807, 2.05) is 0 Å². The van der Waals surface area contributed by atoms with Crippen LogP contribution in [0.25, 0.3) is 97.0 Å². The molecule has 392 valence electrons. The molecule has 0 amide bonds. The van der Waals surface area contributed by atoms with Crippen molar-refractivity contribution in [2.45, 2.75) is 63.9 Å². The van der Waals surface area contributed by atoms with E-state index in [1.54, 1.807) is 0 Å². The highest BCUT2D eigenvalue weighted by Crippen LogP contribution is 2.39. The monoisotopic (exact) mass is 1030 g/mol. The quantitative estimate of drug-likeness (QED) is 0.0227. The minimum absolute atomic E-state index is 0.0759. The summed E-state index contributed by atoms with van der Waals surface area (Å²) in [6, 6.07) is 58.6. The van der Waals surface area contributed by atoms with Gasteiger partial charge in [-0.1, -0.05) is 164 Å². The molecule has 9 heteroatoms. The molecule has 0 aromatic heterocycles. The van der Waals surface area contributed by atoms with Gasteiger partial charge in [0.15, 0.2) is 0 Å². The Morgan fingerprint density at radius 3 is 0.923 bits per heavy atom. The normalized spacial score (nSPS) is 12.1. The highest BCUT2D eigenvalue weighted by Gasteiger charge is 2.17. The molecule has 0 heterocycles. The molecule has 12 rings (SSSR count). The molecule has 12 aromatic rings. The third-order valence-corrected chi connectivity index (χ3v) is 15.6. The molecule has 0 aliphatic carbocycles. The fourth-order valence-corrected chi connectivity index (χ4v) is 11.9. The second-order valence-electron chi connectivity index (χ2n) is 20.6. The van der Waals surface area contributed by atoms with E-state index in [9.17, 15) is 14.4 Å². The number of esters is 3. The number of hydrogen-bond acceptors (Lipinski definition) is 9. The fraction of sp³-hybridized carbons (Fsp3) is 0.261. The molecule has 0 unspecified atom stereocenters. The van der Waals surface area contributed by atoms with Gasteiger partial charge in [0, 0.05) is 19.3 Å².